The van der Waals surface area contributed by atoms with Gasteiger partial charge in [-0.1, -0.05) is 17.8 Å². The van der Waals surface area contributed by atoms with E-state index in [1.54, 1.807) is 6.08 Å². The SMILES string of the molecule is CC(=O)SCC=Cc1nc[nH]c1[N+](=O)[O-]. The lowest BCUT2D eigenvalue weighted by molar-refractivity contribution is -0.389. The van der Waals surface area contributed by atoms with E-state index in [0.717, 1.165) is 11.8 Å². The van der Waals surface area contributed by atoms with Gasteiger partial charge in [0.2, 0.25) is 0 Å². The Morgan fingerprint density at radius 2 is 2.53 bits per heavy atom. The van der Waals surface area contributed by atoms with Crippen LogP contribution in [0.25, 0.3) is 6.08 Å². The molecular weight excluding hydrogens is 218 g/mol. The third-order valence-corrected chi connectivity index (χ3v) is 2.25. The van der Waals surface area contributed by atoms with Crippen molar-refractivity contribution in [3.8, 4) is 0 Å². The summed E-state index contributed by atoms with van der Waals surface area (Å²) < 4.78 is 0. The van der Waals surface area contributed by atoms with Gasteiger partial charge in [-0.25, -0.2) is 9.97 Å². The van der Waals surface area contributed by atoms with Crippen LogP contribution < -0.4 is 0 Å². The molecule has 0 saturated heterocycles. The molecule has 0 unspecified atom stereocenters. The maximum Gasteiger partial charge on any atom is 0.347 e. The molecule has 80 valence electrons. The van der Waals surface area contributed by atoms with E-state index in [9.17, 15) is 14.9 Å². The topological polar surface area (TPSA) is 88.9 Å². The highest BCUT2D eigenvalue weighted by atomic mass is 32.2. The molecule has 0 aliphatic heterocycles. The van der Waals surface area contributed by atoms with Crippen molar-refractivity contribution in [3.05, 3.63) is 28.2 Å². The van der Waals surface area contributed by atoms with E-state index >= 15 is 0 Å². The molecule has 1 aromatic heterocycles. The van der Waals surface area contributed by atoms with Crippen LogP contribution in [0.2, 0.25) is 0 Å². The number of carbonyl (C=O) groups excluding carboxylic acids is 1. The summed E-state index contributed by atoms with van der Waals surface area (Å²) in [6.45, 7) is 1.47. The summed E-state index contributed by atoms with van der Waals surface area (Å²) in [5, 5.41) is 10.5. The molecule has 0 aliphatic carbocycles. The quantitative estimate of drug-likeness (QED) is 0.623. The van der Waals surface area contributed by atoms with Gasteiger partial charge in [0, 0.05) is 12.7 Å². The minimum atomic E-state index is -0.537. The van der Waals surface area contributed by atoms with Gasteiger partial charge in [0.1, 0.15) is 0 Å². The molecule has 0 aliphatic rings. The molecule has 0 fully saturated rings. The van der Waals surface area contributed by atoms with Crippen LogP contribution in [0.15, 0.2) is 12.4 Å². The van der Waals surface area contributed by atoms with E-state index in [2.05, 4.69) is 9.97 Å². The first-order valence-corrected chi connectivity index (χ1v) is 5.07. The Bertz CT molecular complexity index is 400. The highest BCUT2D eigenvalue weighted by molar-refractivity contribution is 8.13. The smallest absolute Gasteiger partial charge is 0.347 e. The maximum atomic E-state index is 10.6. The number of hydrogen-bond donors (Lipinski definition) is 1. The first-order chi connectivity index (χ1) is 7.11. The molecule has 0 bridgehead atoms. The van der Waals surface area contributed by atoms with Crippen LogP contribution in [0.3, 0.4) is 0 Å². The molecule has 15 heavy (non-hydrogen) atoms. The number of hydrogen-bond acceptors (Lipinski definition) is 5. The van der Waals surface area contributed by atoms with E-state index in [1.165, 1.54) is 19.3 Å². The summed E-state index contributed by atoms with van der Waals surface area (Å²) in [6, 6.07) is 0. The third-order valence-electron chi connectivity index (χ3n) is 1.49. The van der Waals surface area contributed by atoms with Gasteiger partial charge >= 0.3 is 5.82 Å². The second-order valence-electron chi connectivity index (χ2n) is 2.60. The average Bonchev–Trinajstić information content (AvgIpc) is 2.60. The van der Waals surface area contributed by atoms with Crippen molar-refractivity contribution in [2.75, 3.05) is 5.75 Å². The first kappa shape index (κ1) is 11.4. The normalized spacial score (nSPS) is 10.7. The molecular formula is C8H9N3O3S. The Labute approximate surface area is 89.9 Å². The largest absolute Gasteiger partial charge is 0.358 e. The fraction of sp³-hybridized carbons (Fsp3) is 0.250. The lowest BCUT2D eigenvalue weighted by Gasteiger charge is -1.91. The molecule has 0 atom stereocenters. The summed E-state index contributed by atoms with van der Waals surface area (Å²) in [6.07, 6.45) is 4.44. The second-order valence-corrected chi connectivity index (χ2v) is 3.80. The fourth-order valence-corrected chi connectivity index (χ4v) is 1.32. The van der Waals surface area contributed by atoms with Crippen LogP contribution in [-0.4, -0.2) is 25.8 Å². The number of nitro groups is 1. The lowest BCUT2D eigenvalue weighted by atomic mass is 10.4. The molecule has 0 aromatic carbocycles. The predicted molar refractivity (Wildman–Crippen MR) is 57.4 cm³/mol. The molecule has 1 rings (SSSR count). The number of carbonyl (C=O) groups is 1. The second kappa shape index (κ2) is 5.30. The standard InChI is InChI=1S/C8H9N3O3S/c1-6(12)15-4-2-3-7-8(11(13)14)10-5-9-7/h2-3,5H,4H2,1H3,(H,9,10). The third kappa shape index (κ3) is 3.55. The fourth-order valence-electron chi connectivity index (χ4n) is 0.891. The van der Waals surface area contributed by atoms with Gasteiger partial charge in [0.05, 0.1) is 0 Å². The van der Waals surface area contributed by atoms with Crippen LogP contribution in [0, 0.1) is 10.1 Å². The van der Waals surface area contributed by atoms with Crippen molar-refractivity contribution in [1.82, 2.24) is 9.97 Å². The van der Waals surface area contributed by atoms with Crippen molar-refractivity contribution in [2.24, 2.45) is 0 Å². The summed E-state index contributed by atoms with van der Waals surface area (Å²) in [5.74, 6) is 0.346. The number of rotatable bonds is 4. The Kier molecular flexibility index (Phi) is 4.04. The van der Waals surface area contributed by atoms with Crippen LogP contribution in [-0.2, 0) is 4.79 Å². The van der Waals surface area contributed by atoms with Crippen molar-refractivity contribution < 1.29 is 9.72 Å². The van der Waals surface area contributed by atoms with Gasteiger partial charge in [0.25, 0.3) is 0 Å². The van der Waals surface area contributed by atoms with Crippen LogP contribution >= 0.6 is 11.8 Å². The Morgan fingerprint density at radius 3 is 3.13 bits per heavy atom. The van der Waals surface area contributed by atoms with Gasteiger partial charge in [0.15, 0.2) is 17.1 Å². The number of nitrogens with zero attached hydrogens (tertiary/aromatic N) is 2. The number of H-pyrrole nitrogens is 1. The zero-order chi connectivity index (χ0) is 11.3. The Morgan fingerprint density at radius 1 is 1.80 bits per heavy atom. The van der Waals surface area contributed by atoms with Crippen LogP contribution in [0.1, 0.15) is 12.6 Å². The molecule has 7 heteroatoms. The first-order valence-electron chi connectivity index (χ1n) is 4.09. The highest BCUT2D eigenvalue weighted by Gasteiger charge is 2.11. The predicted octanol–water partition coefficient (Wildman–Crippen LogP) is 1.61. The number of aromatic nitrogens is 2. The molecule has 1 N–H and O–H groups in total. The van der Waals surface area contributed by atoms with Gasteiger partial charge in [-0.2, -0.15) is 0 Å². The molecule has 1 heterocycles. The van der Waals surface area contributed by atoms with Gasteiger partial charge in [-0.15, -0.1) is 0 Å². The van der Waals surface area contributed by atoms with E-state index in [4.69, 9.17) is 0 Å². The van der Waals surface area contributed by atoms with Crippen molar-refractivity contribution in [2.45, 2.75) is 6.92 Å². The molecule has 0 saturated carbocycles. The van der Waals surface area contributed by atoms with Crippen molar-refractivity contribution in [3.63, 3.8) is 0 Å². The maximum absolute atomic E-state index is 10.6. The Hall–Kier alpha value is -1.63. The van der Waals surface area contributed by atoms with E-state index in [0.29, 0.717) is 5.75 Å². The Balaban J connectivity index is 2.60. The summed E-state index contributed by atoms with van der Waals surface area (Å²) in [7, 11) is 0. The molecule has 1 aromatic rings. The zero-order valence-electron chi connectivity index (χ0n) is 7.97. The van der Waals surface area contributed by atoms with Crippen LogP contribution in [0.5, 0.6) is 0 Å². The number of imidazole rings is 1. The molecule has 6 nitrogen and oxygen atoms in total. The average molecular weight is 227 g/mol. The van der Waals surface area contributed by atoms with Gasteiger partial charge < -0.3 is 10.1 Å². The van der Waals surface area contributed by atoms with Gasteiger partial charge in [-0.05, 0) is 11.0 Å². The number of thioether (sulfide) groups is 1. The minimum absolute atomic E-state index is 0.0103. The zero-order valence-corrected chi connectivity index (χ0v) is 8.78. The summed E-state index contributed by atoms with van der Waals surface area (Å²) >= 11 is 1.13. The van der Waals surface area contributed by atoms with E-state index in [1.807, 2.05) is 0 Å². The van der Waals surface area contributed by atoms with E-state index in [-0.39, 0.29) is 16.6 Å². The van der Waals surface area contributed by atoms with Crippen molar-refractivity contribution in [1.29, 1.82) is 0 Å². The number of nitrogens with one attached hydrogen (secondary N) is 1. The van der Waals surface area contributed by atoms with Crippen molar-refractivity contribution >= 4 is 28.8 Å². The molecule has 0 amide bonds. The van der Waals surface area contributed by atoms with E-state index < -0.39 is 4.92 Å². The lowest BCUT2D eigenvalue weighted by Crippen LogP contribution is -1.90. The minimum Gasteiger partial charge on any atom is -0.358 e. The summed E-state index contributed by atoms with van der Waals surface area (Å²) in [5.41, 5.74) is 0.268. The highest BCUT2D eigenvalue weighted by Crippen LogP contribution is 2.14. The number of aromatic amines is 1. The summed E-state index contributed by atoms with van der Waals surface area (Å²) in [4.78, 5) is 26.7. The van der Waals surface area contributed by atoms with Gasteiger partial charge in [-0.3, -0.25) is 4.79 Å². The molecule has 0 spiro atoms. The molecule has 0 radical (unpaired) electrons. The monoisotopic (exact) mass is 227 g/mol. The van der Waals surface area contributed by atoms with Crippen LogP contribution in [0.4, 0.5) is 5.82 Å².